The van der Waals surface area contributed by atoms with Crippen LogP contribution in [0.1, 0.15) is 39.5 Å². The van der Waals surface area contributed by atoms with E-state index in [0.717, 1.165) is 25.5 Å². The van der Waals surface area contributed by atoms with Gasteiger partial charge in [0, 0.05) is 43.5 Å². The van der Waals surface area contributed by atoms with Crippen LogP contribution in [0.4, 0.5) is 5.82 Å². The molecule has 1 spiro atoms. The quantitative estimate of drug-likeness (QED) is 0.869. The largest absolute Gasteiger partial charge is 0.349 e. The van der Waals surface area contributed by atoms with E-state index in [1.165, 1.54) is 25.7 Å². The molecule has 1 aromatic rings. The number of aryl methyl sites for hydroxylation is 1. The van der Waals surface area contributed by atoms with E-state index in [4.69, 9.17) is 0 Å². The summed E-state index contributed by atoms with van der Waals surface area (Å²) in [6.45, 7) is 7.58. The molecule has 1 atom stereocenters. The Hall–Kier alpha value is -1.03. The van der Waals surface area contributed by atoms with Crippen molar-refractivity contribution in [3.8, 4) is 0 Å². The average molecular weight is 248 g/mol. The molecular weight excluding hydrogens is 224 g/mol. The van der Waals surface area contributed by atoms with E-state index in [9.17, 15) is 0 Å². The Morgan fingerprint density at radius 1 is 1.44 bits per heavy atom. The van der Waals surface area contributed by atoms with Crippen molar-refractivity contribution in [1.29, 1.82) is 0 Å². The highest BCUT2D eigenvalue weighted by Crippen LogP contribution is 2.34. The minimum absolute atomic E-state index is 0.364. The molecule has 0 aromatic carbocycles. The molecule has 2 fully saturated rings. The molecule has 4 heteroatoms. The van der Waals surface area contributed by atoms with Crippen LogP contribution in [0.3, 0.4) is 0 Å². The molecular formula is C14H24N4. The zero-order valence-corrected chi connectivity index (χ0v) is 11.5. The first-order chi connectivity index (χ1) is 8.72. The van der Waals surface area contributed by atoms with Crippen LogP contribution in [0.25, 0.3) is 0 Å². The molecule has 100 valence electrons. The molecule has 0 bridgehead atoms. The Balaban J connectivity index is 1.80. The van der Waals surface area contributed by atoms with Gasteiger partial charge in [-0.3, -0.25) is 4.68 Å². The van der Waals surface area contributed by atoms with Crippen molar-refractivity contribution in [2.75, 3.05) is 18.0 Å². The maximum Gasteiger partial charge on any atom is 0.150 e. The van der Waals surface area contributed by atoms with Crippen molar-refractivity contribution < 1.29 is 0 Å². The smallest absolute Gasteiger partial charge is 0.150 e. The minimum Gasteiger partial charge on any atom is -0.349 e. The van der Waals surface area contributed by atoms with Gasteiger partial charge in [0.25, 0.3) is 0 Å². The van der Waals surface area contributed by atoms with Gasteiger partial charge in [0.1, 0.15) is 0 Å². The lowest BCUT2D eigenvalue weighted by molar-refractivity contribution is 0.275. The van der Waals surface area contributed by atoms with Crippen LogP contribution in [0.2, 0.25) is 0 Å². The lowest BCUT2D eigenvalue weighted by Crippen LogP contribution is -2.62. The van der Waals surface area contributed by atoms with Crippen LogP contribution in [0.15, 0.2) is 12.3 Å². The van der Waals surface area contributed by atoms with Crippen molar-refractivity contribution >= 4 is 5.82 Å². The number of anilines is 1. The van der Waals surface area contributed by atoms with Gasteiger partial charge in [-0.1, -0.05) is 12.8 Å². The summed E-state index contributed by atoms with van der Waals surface area (Å²) in [5, 5.41) is 8.46. The summed E-state index contributed by atoms with van der Waals surface area (Å²) >= 11 is 0. The molecule has 1 saturated carbocycles. The molecule has 18 heavy (non-hydrogen) atoms. The third-order valence-corrected chi connectivity index (χ3v) is 4.58. The third-order valence-electron chi connectivity index (χ3n) is 4.58. The van der Waals surface area contributed by atoms with E-state index in [2.05, 4.69) is 41.4 Å². The second-order valence-electron chi connectivity index (χ2n) is 5.87. The maximum absolute atomic E-state index is 4.67. The predicted molar refractivity (Wildman–Crippen MR) is 73.9 cm³/mol. The highest BCUT2D eigenvalue weighted by atomic mass is 15.4. The number of nitrogens with one attached hydrogen (secondary N) is 1. The zero-order valence-electron chi connectivity index (χ0n) is 11.5. The summed E-state index contributed by atoms with van der Waals surface area (Å²) in [5.41, 5.74) is 0.364. The molecule has 0 radical (unpaired) electrons. The van der Waals surface area contributed by atoms with Crippen molar-refractivity contribution in [2.45, 2.75) is 57.7 Å². The Kier molecular flexibility index (Phi) is 3.06. The van der Waals surface area contributed by atoms with Crippen LogP contribution >= 0.6 is 0 Å². The van der Waals surface area contributed by atoms with Crippen molar-refractivity contribution in [3.05, 3.63) is 12.3 Å². The van der Waals surface area contributed by atoms with Crippen molar-refractivity contribution in [3.63, 3.8) is 0 Å². The summed E-state index contributed by atoms with van der Waals surface area (Å²) in [5.74, 6) is 1.15. The van der Waals surface area contributed by atoms with Gasteiger partial charge in [-0.05, 0) is 26.7 Å². The molecule has 1 unspecified atom stereocenters. The summed E-state index contributed by atoms with van der Waals surface area (Å²) in [7, 11) is 0. The Labute approximate surface area is 109 Å². The Bertz CT molecular complexity index is 406. The first-order valence-electron chi connectivity index (χ1n) is 7.27. The zero-order chi connectivity index (χ0) is 12.6. The second-order valence-corrected chi connectivity index (χ2v) is 5.87. The summed E-state index contributed by atoms with van der Waals surface area (Å²) in [6, 6.07) is 2.70. The van der Waals surface area contributed by atoms with Crippen LogP contribution in [0, 0.1) is 0 Å². The standard InChI is InChI=1S/C14H24N4/c1-3-17-9-6-13(16-17)18-11-14(7-4-5-8-14)15-10-12(18)2/h6,9,12,15H,3-5,7-8,10-11H2,1-2H3. The lowest BCUT2D eigenvalue weighted by atomic mass is 9.92. The number of nitrogens with zero attached hydrogens (tertiary/aromatic N) is 3. The Morgan fingerprint density at radius 2 is 2.22 bits per heavy atom. The van der Waals surface area contributed by atoms with E-state index in [1.54, 1.807) is 0 Å². The highest BCUT2D eigenvalue weighted by molar-refractivity contribution is 5.40. The van der Waals surface area contributed by atoms with E-state index in [0.29, 0.717) is 11.6 Å². The average Bonchev–Trinajstić information content (AvgIpc) is 3.02. The van der Waals surface area contributed by atoms with Gasteiger partial charge in [-0.2, -0.15) is 5.10 Å². The van der Waals surface area contributed by atoms with Gasteiger partial charge in [0.05, 0.1) is 0 Å². The normalized spacial score (nSPS) is 27.0. The fourth-order valence-corrected chi connectivity index (χ4v) is 3.39. The van der Waals surface area contributed by atoms with Gasteiger partial charge >= 0.3 is 0 Å². The van der Waals surface area contributed by atoms with E-state index < -0.39 is 0 Å². The monoisotopic (exact) mass is 248 g/mol. The van der Waals surface area contributed by atoms with Gasteiger partial charge in [-0.15, -0.1) is 0 Å². The topological polar surface area (TPSA) is 33.1 Å². The molecule has 2 heterocycles. The molecule has 3 rings (SSSR count). The predicted octanol–water partition coefficient (Wildman–Crippen LogP) is 2.01. The molecule has 1 N–H and O–H groups in total. The van der Waals surface area contributed by atoms with E-state index in [-0.39, 0.29) is 0 Å². The molecule has 2 aliphatic rings. The molecule has 1 aromatic heterocycles. The number of piperazine rings is 1. The van der Waals surface area contributed by atoms with E-state index >= 15 is 0 Å². The van der Waals surface area contributed by atoms with Gasteiger partial charge in [-0.25, -0.2) is 0 Å². The molecule has 1 aliphatic carbocycles. The second kappa shape index (κ2) is 4.57. The summed E-state index contributed by atoms with van der Waals surface area (Å²) in [4.78, 5) is 2.49. The van der Waals surface area contributed by atoms with E-state index in [1.807, 2.05) is 4.68 Å². The fraction of sp³-hybridized carbons (Fsp3) is 0.786. The first-order valence-corrected chi connectivity index (χ1v) is 7.27. The summed E-state index contributed by atoms with van der Waals surface area (Å²) < 4.78 is 2.02. The number of hydrogen-bond acceptors (Lipinski definition) is 3. The Morgan fingerprint density at radius 3 is 2.89 bits per heavy atom. The minimum atomic E-state index is 0.364. The lowest BCUT2D eigenvalue weighted by Gasteiger charge is -2.45. The van der Waals surface area contributed by atoms with Crippen LogP contribution in [-0.4, -0.2) is 34.5 Å². The molecule has 1 aliphatic heterocycles. The van der Waals surface area contributed by atoms with Crippen LogP contribution in [0.5, 0.6) is 0 Å². The van der Waals surface area contributed by atoms with Gasteiger partial charge in [0.15, 0.2) is 5.82 Å². The van der Waals surface area contributed by atoms with Gasteiger partial charge < -0.3 is 10.2 Å². The summed E-state index contributed by atoms with van der Waals surface area (Å²) in [6.07, 6.45) is 7.48. The number of hydrogen-bond donors (Lipinski definition) is 1. The van der Waals surface area contributed by atoms with Crippen LogP contribution in [-0.2, 0) is 6.54 Å². The van der Waals surface area contributed by atoms with Crippen LogP contribution < -0.4 is 10.2 Å². The van der Waals surface area contributed by atoms with Gasteiger partial charge in [0.2, 0.25) is 0 Å². The number of rotatable bonds is 2. The fourth-order valence-electron chi connectivity index (χ4n) is 3.39. The third kappa shape index (κ3) is 2.03. The molecule has 0 amide bonds. The molecule has 4 nitrogen and oxygen atoms in total. The molecule has 1 saturated heterocycles. The number of aromatic nitrogens is 2. The highest BCUT2D eigenvalue weighted by Gasteiger charge is 2.40. The van der Waals surface area contributed by atoms with Crippen molar-refractivity contribution in [1.82, 2.24) is 15.1 Å². The first kappa shape index (κ1) is 12.0. The maximum atomic E-state index is 4.67. The SMILES string of the molecule is CCn1ccc(N2CC3(CCCC3)NCC2C)n1. The van der Waals surface area contributed by atoms with Crippen molar-refractivity contribution in [2.24, 2.45) is 0 Å².